The molecule has 0 atom stereocenters. The molecule has 2 aromatic rings. The smallest absolute Gasteiger partial charge is 0.252 e. The van der Waals surface area contributed by atoms with Gasteiger partial charge in [0.05, 0.1) is 10.6 Å². The highest BCUT2D eigenvalue weighted by Crippen LogP contribution is 2.33. The van der Waals surface area contributed by atoms with Gasteiger partial charge in [0.15, 0.2) is 9.84 Å². The summed E-state index contributed by atoms with van der Waals surface area (Å²) in [6.45, 7) is 1.66. The van der Waals surface area contributed by atoms with E-state index < -0.39 is 20.9 Å². The molecule has 0 radical (unpaired) electrons. The number of carbonyl (C=O) groups is 1. The first-order valence-corrected chi connectivity index (χ1v) is 8.92. The Morgan fingerprint density at radius 2 is 1.87 bits per heavy atom. The van der Waals surface area contributed by atoms with Crippen molar-refractivity contribution in [3.8, 4) is 0 Å². The molecule has 0 unspecified atom stereocenters. The van der Waals surface area contributed by atoms with Crippen LogP contribution in [0.25, 0.3) is 0 Å². The molecule has 0 bridgehead atoms. The predicted molar refractivity (Wildman–Crippen MR) is 88.9 cm³/mol. The maximum Gasteiger partial charge on any atom is 0.252 e. The third-order valence-electron chi connectivity index (χ3n) is 3.47. The van der Waals surface area contributed by atoms with E-state index in [1.807, 2.05) is 0 Å². The number of carbonyl (C=O) groups excluding carboxylic acids is 1. The molecule has 0 heterocycles. The number of benzene rings is 2. The molecule has 23 heavy (non-hydrogen) atoms. The van der Waals surface area contributed by atoms with E-state index in [1.165, 1.54) is 24.3 Å². The Kier molecular flexibility index (Phi) is 4.77. The fourth-order valence-electron chi connectivity index (χ4n) is 2.27. The molecule has 0 aliphatic carbocycles. The zero-order valence-electron chi connectivity index (χ0n) is 12.8. The minimum Gasteiger partial charge on any atom is -0.343 e. The summed E-state index contributed by atoms with van der Waals surface area (Å²) in [6.07, 6.45) is 1.04. The van der Waals surface area contributed by atoms with Gasteiger partial charge >= 0.3 is 0 Å². The molecule has 0 spiro atoms. The minimum atomic E-state index is -3.62. The van der Waals surface area contributed by atoms with Crippen LogP contribution in [0.3, 0.4) is 0 Å². The van der Waals surface area contributed by atoms with Crippen molar-refractivity contribution >= 4 is 38.1 Å². The van der Waals surface area contributed by atoms with Crippen LogP contribution in [0.4, 0.5) is 15.8 Å². The van der Waals surface area contributed by atoms with Gasteiger partial charge in [0.25, 0.3) is 5.24 Å². The molecule has 0 aromatic heterocycles. The van der Waals surface area contributed by atoms with Crippen molar-refractivity contribution in [2.24, 2.45) is 0 Å². The van der Waals surface area contributed by atoms with E-state index in [2.05, 4.69) is 0 Å². The quantitative estimate of drug-likeness (QED) is 0.785. The van der Waals surface area contributed by atoms with E-state index in [4.69, 9.17) is 11.6 Å². The first-order valence-electron chi connectivity index (χ1n) is 6.65. The molecular formula is C16H15ClFNO3S. The third-order valence-corrected chi connectivity index (χ3v) is 4.80. The summed E-state index contributed by atoms with van der Waals surface area (Å²) in [5.41, 5.74) is 1.50. The molecule has 122 valence electrons. The summed E-state index contributed by atoms with van der Waals surface area (Å²) in [5.74, 6) is -0.431. The lowest BCUT2D eigenvalue weighted by Crippen LogP contribution is -2.15. The number of aryl methyl sites for hydroxylation is 1. The van der Waals surface area contributed by atoms with Crippen LogP contribution < -0.4 is 4.90 Å². The second kappa shape index (κ2) is 6.29. The van der Waals surface area contributed by atoms with Crippen molar-refractivity contribution in [3.05, 3.63) is 53.3 Å². The summed E-state index contributed by atoms with van der Waals surface area (Å²) in [6, 6.07) is 8.59. The van der Waals surface area contributed by atoms with Crippen LogP contribution in [-0.4, -0.2) is 27.0 Å². The average molecular weight is 356 g/mol. The fourth-order valence-corrected chi connectivity index (χ4v) is 3.38. The van der Waals surface area contributed by atoms with Crippen molar-refractivity contribution in [2.75, 3.05) is 18.2 Å². The molecule has 0 saturated carbocycles. The molecule has 4 nitrogen and oxygen atoms in total. The third kappa shape index (κ3) is 3.71. The maximum absolute atomic E-state index is 13.4. The number of hydrogen-bond acceptors (Lipinski definition) is 4. The first-order chi connectivity index (χ1) is 10.6. The highest BCUT2D eigenvalue weighted by atomic mass is 35.5. The second-order valence-corrected chi connectivity index (χ2v) is 7.55. The van der Waals surface area contributed by atoms with Crippen LogP contribution in [0.5, 0.6) is 0 Å². The molecule has 2 aromatic carbocycles. The Morgan fingerprint density at radius 3 is 2.39 bits per heavy atom. The number of rotatable bonds is 4. The van der Waals surface area contributed by atoms with Crippen molar-refractivity contribution in [2.45, 2.75) is 11.8 Å². The monoisotopic (exact) mass is 355 g/mol. The largest absolute Gasteiger partial charge is 0.343 e. The average Bonchev–Trinajstić information content (AvgIpc) is 2.44. The van der Waals surface area contributed by atoms with Crippen molar-refractivity contribution in [1.29, 1.82) is 0 Å². The highest BCUT2D eigenvalue weighted by molar-refractivity contribution is 7.90. The normalized spacial score (nSPS) is 11.3. The Balaban J connectivity index is 2.70. The molecule has 0 fully saturated rings. The van der Waals surface area contributed by atoms with Gasteiger partial charge in [-0.2, -0.15) is 0 Å². The van der Waals surface area contributed by atoms with Gasteiger partial charge in [0.2, 0.25) is 0 Å². The molecule has 0 aliphatic rings. The van der Waals surface area contributed by atoms with Crippen LogP contribution in [0.15, 0.2) is 41.3 Å². The number of halogens is 2. The summed E-state index contributed by atoms with van der Waals surface area (Å²) in [7, 11) is -1.99. The molecule has 2 rings (SSSR count). The van der Waals surface area contributed by atoms with Crippen LogP contribution >= 0.6 is 11.6 Å². The van der Waals surface area contributed by atoms with Gasteiger partial charge in [0.1, 0.15) is 5.82 Å². The molecule has 0 amide bonds. The molecular weight excluding hydrogens is 341 g/mol. The van der Waals surface area contributed by atoms with Gasteiger partial charge in [-0.25, -0.2) is 12.8 Å². The lowest BCUT2D eigenvalue weighted by Gasteiger charge is -2.23. The lowest BCUT2D eigenvalue weighted by molar-refractivity contribution is 0.108. The second-order valence-electron chi connectivity index (χ2n) is 5.22. The zero-order valence-corrected chi connectivity index (χ0v) is 14.4. The highest BCUT2D eigenvalue weighted by Gasteiger charge is 2.21. The molecule has 7 heteroatoms. The number of hydrogen-bond donors (Lipinski definition) is 0. The van der Waals surface area contributed by atoms with Crippen molar-refractivity contribution < 1.29 is 17.6 Å². The SMILES string of the molecule is Cc1cc(N(C)c2cccc(F)c2)c(S(C)(=O)=O)cc1C(=O)Cl. The van der Waals surface area contributed by atoms with Crippen molar-refractivity contribution in [3.63, 3.8) is 0 Å². The van der Waals surface area contributed by atoms with Gasteiger partial charge in [0, 0.05) is 24.6 Å². The van der Waals surface area contributed by atoms with Crippen LogP contribution in [-0.2, 0) is 9.84 Å². The maximum atomic E-state index is 13.4. The number of anilines is 2. The Bertz CT molecular complexity index is 881. The fraction of sp³-hybridized carbons (Fsp3) is 0.188. The minimum absolute atomic E-state index is 0.0427. The van der Waals surface area contributed by atoms with Crippen LogP contribution in [0, 0.1) is 12.7 Å². The van der Waals surface area contributed by atoms with Crippen molar-refractivity contribution in [1.82, 2.24) is 0 Å². The van der Waals surface area contributed by atoms with E-state index in [0.717, 1.165) is 6.26 Å². The van der Waals surface area contributed by atoms with Crippen LogP contribution in [0.1, 0.15) is 15.9 Å². The molecule has 0 aliphatic heterocycles. The molecule has 0 saturated heterocycles. The Morgan fingerprint density at radius 1 is 1.22 bits per heavy atom. The lowest BCUT2D eigenvalue weighted by atomic mass is 10.1. The summed E-state index contributed by atoms with van der Waals surface area (Å²) >= 11 is 5.50. The number of nitrogens with zero attached hydrogens (tertiary/aromatic N) is 1. The van der Waals surface area contributed by atoms with E-state index >= 15 is 0 Å². The predicted octanol–water partition coefficient (Wildman–Crippen LogP) is 3.68. The Labute approximate surface area is 139 Å². The van der Waals surface area contributed by atoms with E-state index in [9.17, 15) is 17.6 Å². The van der Waals surface area contributed by atoms with Gasteiger partial charge in [-0.05, 0) is 54.4 Å². The van der Waals surface area contributed by atoms with Gasteiger partial charge in [-0.1, -0.05) is 6.07 Å². The molecule has 0 N–H and O–H groups in total. The summed E-state index contributed by atoms with van der Waals surface area (Å²) < 4.78 is 37.6. The van der Waals surface area contributed by atoms with Crippen LogP contribution in [0.2, 0.25) is 0 Å². The van der Waals surface area contributed by atoms with E-state index in [1.54, 1.807) is 31.0 Å². The van der Waals surface area contributed by atoms with Gasteiger partial charge in [-0.3, -0.25) is 4.79 Å². The standard InChI is InChI=1S/C16H15ClFNO3S/c1-10-7-14(19(2)12-6-4-5-11(18)8-12)15(23(3,21)22)9-13(10)16(17)20/h4-9H,1-3H3. The summed E-state index contributed by atoms with van der Waals surface area (Å²) in [4.78, 5) is 13.0. The zero-order chi connectivity index (χ0) is 17.4. The van der Waals surface area contributed by atoms with Gasteiger partial charge in [-0.15, -0.1) is 0 Å². The first kappa shape index (κ1) is 17.4. The number of sulfone groups is 1. The van der Waals surface area contributed by atoms with E-state index in [0.29, 0.717) is 16.9 Å². The Hall–Kier alpha value is -1.92. The van der Waals surface area contributed by atoms with E-state index in [-0.39, 0.29) is 10.5 Å². The topological polar surface area (TPSA) is 54.5 Å². The summed E-state index contributed by atoms with van der Waals surface area (Å²) in [5, 5.41) is -0.729. The van der Waals surface area contributed by atoms with Gasteiger partial charge < -0.3 is 4.90 Å².